The standard InChI is InChI=1S/C11H8ClN3O3S/c1-6-5-19-11(13-6)14-10(16)7-2-3-8(12)9(4-7)15(17)18/h2-5H,1H3,(H,13,14,16). The summed E-state index contributed by atoms with van der Waals surface area (Å²) in [6, 6.07) is 3.88. The van der Waals surface area contributed by atoms with Crippen molar-refractivity contribution in [2.75, 3.05) is 5.32 Å². The maximum atomic E-state index is 11.9. The third kappa shape index (κ3) is 3.07. The average Bonchev–Trinajstić information content (AvgIpc) is 2.74. The van der Waals surface area contributed by atoms with Crippen molar-refractivity contribution in [2.24, 2.45) is 0 Å². The van der Waals surface area contributed by atoms with Gasteiger partial charge in [0.2, 0.25) is 0 Å². The Labute approximate surface area is 117 Å². The molecule has 1 heterocycles. The van der Waals surface area contributed by atoms with Gasteiger partial charge < -0.3 is 0 Å². The number of nitro groups is 1. The molecule has 1 amide bonds. The van der Waals surface area contributed by atoms with Crippen LogP contribution in [0.5, 0.6) is 0 Å². The van der Waals surface area contributed by atoms with Crippen molar-refractivity contribution in [3.8, 4) is 0 Å². The van der Waals surface area contributed by atoms with Crippen LogP contribution in [-0.2, 0) is 0 Å². The van der Waals surface area contributed by atoms with Crippen LogP contribution in [0, 0.1) is 17.0 Å². The number of nitrogens with zero attached hydrogens (tertiary/aromatic N) is 2. The molecule has 1 aromatic heterocycles. The number of benzene rings is 1. The van der Waals surface area contributed by atoms with Crippen LogP contribution >= 0.6 is 22.9 Å². The van der Waals surface area contributed by atoms with Crippen LogP contribution < -0.4 is 5.32 Å². The molecule has 6 nitrogen and oxygen atoms in total. The van der Waals surface area contributed by atoms with Gasteiger partial charge in [-0.2, -0.15) is 0 Å². The molecule has 0 radical (unpaired) electrons. The molecule has 0 saturated heterocycles. The Morgan fingerprint density at radius 2 is 2.26 bits per heavy atom. The molecule has 0 fully saturated rings. The number of aryl methyl sites for hydroxylation is 1. The highest BCUT2D eigenvalue weighted by atomic mass is 35.5. The lowest BCUT2D eigenvalue weighted by atomic mass is 10.2. The Kier molecular flexibility index (Phi) is 3.77. The van der Waals surface area contributed by atoms with Crippen molar-refractivity contribution in [3.05, 3.63) is 50.0 Å². The van der Waals surface area contributed by atoms with Crippen LogP contribution in [0.3, 0.4) is 0 Å². The van der Waals surface area contributed by atoms with Crippen LogP contribution in [0.25, 0.3) is 0 Å². The Balaban J connectivity index is 2.24. The van der Waals surface area contributed by atoms with Crippen molar-refractivity contribution < 1.29 is 9.72 Å². The summed E-state index contributed by atoms with van der Waals surface area (Å²) in [5.41, 5.74) is 0.649. The number of anilines is 1. The molecular weight excluding hydrogens is 290 g/mol. The molecule has 2 rings (SSSR count). The van der Waals surface area contributed by atoms with Gasteiger partial charge in [-0.1, -0.05) is 11.6 Å². The molecule has 0 bridgehead atoms. The molecule has 0 aliphatic rings. The van der Waals surface area contributed by atoms with E-state index in [0.717, 1.165) is 11.8 Å². The van der Waals surface area contributed by atoms with Crippen LogP contribution in [0.15, 0.2) is 23.6 Å². The van der Waals surface area contributed by atoms with Crippen LogP contribution in [-0.4, -0.2) is 15.8 Å². The minimum atomic E-state index is -0.632. The van der Waals surface area contributed by atoms with Crippen molar-refractivity contribution in [1.82, 2.24) is 4.98 Å². The number of nitrogens with one attached hydrogen (secondary N) is 1. The summed E-state index contributed by atoms with van der Waals surface area (Å²) in [5.74, 6) is -0.464. The predicted molar refractivity (Wildman–Crippen MR) is 72.9 cm³/mol. The van der Waals surface area contributed by atoms with Gasteiger partial charge in [0, 0.05) is 17.0 Å². The summed E-state index contributed by atoms with van der Waals surface area (Å²) in [6.07, 6.45) is 0. The van der Waals surface area contributed by atoms with Gasteiger partial charge in [-0.3, -0.25) is 20.2 Å². The highest BCUT2D eigenvalue weighted by molar-refractivity contribution is 7.13. The molecule has 0 aliphatic carbocycles. The SMILES string of the molecule is Cc1csc(NC(=O)c2ccc(Cl)c([N+](=O)[O-])c2)n1. The third-order valence-electron chi connectivity index (χ3n) is 2.24. The van der Waals surface area contributed by atoms with Crippen LogP contribution in [0.2, 0.25) is 5.02 Å². The lowest BCUT2D eigenvalue weighted by Crippen LogP contribution is -2.12. The molecule has 0 atom stereocenters. The Morgan fingerprint density at radius 1 is 1.53 bits per heavy atom. The van der Waals surface area contributed by atoms with Crippen molar-refractivity contribution in [3.63, 3.8) is 0 Å². The number of carbonyl (C=O) groups is 1. The molecule has 2 aromatic rings. The Morgan fingerprint density at radius 3 is 2.84 bits per heavy atom. The van der Waals surface area contributed by atoms with E-state index < -0.39 is 10.8 Å². The molecule has 1 N–H and O–H groups in total. The number of nitro benzene ring substituents is 1. The number of carbonyl (C=O) groups excluding carboxylic acids is 1. The largest absolute Gasteiger partial charge is 0.298 e. The summed E-state index contributed by atoms with van der Waals surface area (Å²) in [7, 11) is 0. The quantitative estimate of drug-likeness (QED) is 0.696. The summed E-state index contributed by atoms with van der Waals surface area (Å²) in [5, 5.41) is 15.5. The van der Waals surface area contributed by atoms with Gasteiger partial charge >= 0.3 is 0 Å². The Bertz CT molecular complexity index is 656. The molecule has 0 saturated carbocycles. The first-order chi connectivity index (χ1) is 8.97. The van der Waals surface area contributed by atoms with Gasteiger partial charge in [-0.05, 0) is 19.1 Å². The fourth-order valence-electron chi connectivity index (χ4n) is 1.37. The predicted octanol–water partition coefficient (Wildman–Crippen LogP) is 3.27. The maximum absolute atomic E-state index is 11.9. The summed E-state index contributed by atoms with van der Waals surface area (Å²) < 4.78 is 0. The first kappa shape index (κ1) is 13.4. The fraction of sp³-hybridized carbons (Fsp3) is 0.0909. The number of thiazole rings is 1. The fourth-order valence-corrected chi connectivity index (χ4v) is 2.24. The van der Waals surface area contributed by atoms with Crippen molar-refractivity contribution in [2.45, 2.75) is 6.92 Å². The summed E-state index contributed by atoms with van der Waals surface area (Å²) in [6.45, 7) is 1.80. The number of amides is 1. The zero-order valence-electron chi connectivity index (χ0n) is 9.71. The van der Waals surface area contributed by atoms with Gasteiger partial charge in [0.1, 0.15) is 5.02 Å². The van der Waals surface area contributed by atoms with Crippen LogP contribution in [0.1, 0.15) is 16.1 Å². The zero-order valence-corrected chi connectivity index (χ0v) is 11.3. The van der Waals surface area contributed by atoms with E-state index in [1.54, 1.807) is 12.3 Å². The first-order valence-corrected chi connectivity index (χ1v) is 6.40. The van der Waals surface area contributed by atoms with E-state index in [0.29, 0.717) is 5.13 Å². The average molecular weight is 298 g/mol. The molecule has 0 unspecified atom stereocenters. The molecule has 0 spiro atoms. The number of aromatic nitrogens is 1. The number of halogens is 1. The minimum absolute atomic E-state index is 0.00774. The molecular formula is C11H8ClN3O3S. The van der Waals surface area contributed by atoms with E-state index in [9.17, 15) is 14.9 Å². The smallest absolute Gasteiger partial charge is 0.288 e. The minimum Gasteiger partial charge on any atom is -0.298 e. The van der Waals surface area contributed by atoms with Gasteiger partial charge in [-0.25, -0.2) is 4.98 Å². The molecule has 8 heteroatoms. The third-order valence-corrected chi connectivity index (χ3v) is 3.44. The van der Waals surface area contributed by atoms with Gasteiger partial charge in [0.05, 0.1) is 10.6 Å². The summed E-state index contributed by atoms with van der Waals surface area (Å²) >= 11 is 6.96. The number of hydrogen-bond donors (Lipinski definition) is 1. The highest BCUT2D eigenvalue weighted by Gasteiger charge is 2.16. The topological polar surface area (TPSA) is 85.1 Å². The lowest BCUT2D eigenvalue weighted by Gasteiger charge is -2.02. The van der Waals surface area contributed by atoms with Gasteiger partial charge in [0.25, 0.3) is 11.6 Å². The summed E-state index contributed by atoms with van der Waals surface area (Å²) in [4.78, 5) is 26.1. The number of rotatable bonds is 3. The second kappa shape index (κ2) is 5.33. The Hall–Kier alpha value is -1.99. The monoisotopic (exact) mass is 297 g/mol. The van der Waals surface area contributed by atoms with E-state index in [-0.39, 0.29) is 16.3 Å². The molecule has 0 aliphatic heterocycles. The van der Waals surface area contributed by atoms with E-state index >= 15 is 0 Å². The first-order valence-electron chi connectivity index (χ1n) is 5.15. The lowest BCUT2D eigenvalue weighted by molar-refractivity contribution is -0.384. The molecule has 98 valence electrons. The second-order valence-corrected chi connectivity index (χ2v) is 4.94. The van der Waals surface area contributed by atoms with Gasteiger partial charge in [0.15, 0.2) is 5.13 Å². The van der Waals surface area contributed by atoms with E-state index in [2.05, 4.69) is 10.3 Å². The van der Waals surface area contributed by atoms with Crippen molar-refractivity contribution in [1.29, 1.82) is 0 Å². The number of hydrogen-bond acceptors (Lipinski definition) is 5. The van der Waals surface area contributed by atoms with Crippen molar-refractivity contribution >= 4 is 39.7 Å². The second-order valence-electron chi connectivity index (χ2n) is 3.67. The van der Waals surface area contributed by atoms with Crippen LogP contribution in [0.4, 0.5) is 10.8 Å². The maximum Gasteiger partial charge on any atom is 0.288 e. The normalized spacial score (nSPS) is 10.2. The van der Waals surface area contributed by atoms with E-state index in [4.69, 9.17) is 11.6 Å². The molecule has 19 heavy (non-hydrogen) atoms. The van der Waals surface area contributed by atoms with E-state index in [1.807, 2.05) is 0 Å². The zero-order chi connectivity index (χ0) is 14.0. The molecule has 1 aromatic carbocycles. The highest BCUT2D eigenvalue weighted by Crippen LogP contribution is 2.25. The van der Waals surface area contributed by atoms with Gasteiger partial charge in [-0.15, -0.1) is 11.3 Å². The van der Waals surface area contributed by atoms with E-state index in [1.165, 1.54) is 23.5 Å².